The van der Waals surface area contributed by atoms with E-state index in [9.17, 15) is 13.2 Å². The highest BCUT2D eigenvalue weighted by Crippen LogP contribution is 2.44. The van der Waals surface area contributed by atoms with E-state index in [1.165, 1.54) is 17.9 Å². The number of amides is 1. The first kappa shape index (κ1) is 20.5. The van der Waals surface area contributed by atoms with Gasteiger partial charge in [-0.05, 0) is 45.6 Å². The summed E-state index contributed by atoms with van der Waals surface area (Å²) < 4.78 is 35.9. The molecule has 0 aromatic heterocycles. The Kier molecular flexibility index (Phi) is 5.69. The van der Waals surface area contributed by atoms with Gasteiger partial charge in [-0.3, -0.25) is 19.1 Å². The van der Waals surface area contributed by atoms with Crippen molar-refractivity contribution in [3.8, 4) is 0 Å². The quantitative estimate of drug-likeness (QED) is 0.424. The molecule has 1 spiro atoms. The molecule has 4 fully saturated rings. The van der Waals surface area contributed by atoms with Crippen molar-refractivity contribution in [1.82, 2.24) is 20.8 Å². The number of carbonyl (C=O) groups excluding carboxylic acids is 1. The maximum Gasteiger partial charge on any atom is 0.413 e. The fraction of sp³-hybridized carbons (Fsp3) is 0.941. The van der Waals surface area contributed by atoms with Gasteiger partial charge in [0.25, 0.3) is 5.91 Å². The smallest absolute Gasteiger partial charge is 0.316 e. The molecule has 2 bridgehead atoms. The van der Waals surface area contributed by atoms with E-state index in [-0.39, 0.29) is 23.5 Å². The number of hydrogen-bond donors (Lipinski definition) is 3. The molecule has 3 unspecified atom stereocenters. The molecule has 3 saturated heterocycles. The highest BCUT2D eigenvalue weighted by molar-refractivity contribution is 7.80. The molecule has 1 amide bonds. The van der Waals surface area contributed by atoms with Crippen LogP contribution in [0.2, 0.25) is 0 Å². The third-order valence-corrected chi connectivity index (χ3v) is 7.29. The summed E-state index contributed by atoms with van der Waals surface area (Å²) in [6.07, 6.45) is 6.29. The molecule has 10 nitrogen and oxygen atoms in total. The molecule has 3 N–H and O–H groups in total. The van der Waals surface area contributed by atoms with Crippen molar-refractivity contribution in [1.29, 1.82) is 0 Å². The van der Waals surface area contributed by atoms with Crippen LogP contribution in [-0.4, -0.2) is 72.8 Å². The molecule has 0 aromatic carbocycles. The van der Waals surface area contributed by atoms with Gasteiger partial charge in [0.15, 0.2) is 0 Å². The van der Waals surface area contributed by atoms with Gasteiger partial charge in [-0.2, -0.15) is 12.7 Å². The highest BCUT2D eigenvalue weighted by atomic mass is 32.3. The van der Waals surface area contributed by atoms with Gasteiger partial charge in [-0.15, -0.1) is 5.06 Å². The summed E-state index contributed by atoms with van der Waals surface area (Å²) in [7, 11) is -4.59. The Morgan fingerprint density at radius 3 is 2.71 bits per heavy atom. The Morgan fingerprint density at radius 2 is 2.00 bits per heavy atom. The Morgan fingerprint density at radius 1 is 1.25 bits per heavy atom. The first-order valence-corrected chi connectivity index (χ1v) is 11.5. The number of fused-ring (bicyclic) bond motifs is 2. The summed E-state index contributed by atoms with van der Waals surface area (Å²) in [6.45, 7) is 4.09. The van der Waals surface area contributed by atoms with E-state index in [4.69, 9.17) is 13.7 Å². The molecule has 1 saturated carbocycles. The van der Waals surface area contributed by atoms with Gasteiger partial charge in [0.05, 0.1) is 24.4 Å². The molecule has 1 aliphatic carbocycles. The summed E-state index contributed by atoms with van der Waals surface area (Å²) in [5, 5.41) is 4.73. The Hall–Kier alpha value is -0.820. The van der Waals surface area contributed by atoms with Crippen LogP contribution in [0.1, 0.15) is 51.9 Å². The molecule has 160 valence electrons. The predicted octanol–water partition coefficient (Wildman–Crippen LogP) is 0.186. The third-order valence-electron chi connectivity index (χ3n) is 6.93. The summed E-state index contributed by atoms with van der Waals surface area (Å²) in [5.74, 6) is -0.203. The lowest BCUT2D eigenvalue weighted by atomic mass is 9.77. The second kappa shape index (κ2) is 7.78. The van der Waals surface area contributed by atoms with Gasteiger partial charge in [0, 0.05) is 18.5 Å². The molecule has 3 aliphatic heterocycles. The zero-order valence-corrected chi connectivity index (χ0v) is 17.0. The van der Waals surface area contributed by atoms with Crippen LogP contribution in [0, 0.1) is 5.41 Å². The molecule has 28 heavy (non-hydrogen) atoms. The van der Waals surface area contributed by atoms with Crippen molar-refractivity contribution in [3.63, 3.8) is 0 Å². The standard InChI is InChI=1S/C17H30N4O6S/c1-12-20-10-13(21(12)27-28(23,24)25)4-5-14(20)16(22)19-26-15-6-9-18-11-17(15)7-2-3-8-17/h12-15,18H,2-11H2,1H3,(H,19,22)(H,23,24,25)/t12?,13-,14-,15?/m0/s1. The molecule has 5 atom stereocenters. The van der Waals surface area contributed by atoms with Crippen molar-refractivity contribution in [2.45, 2.75) is 76.2 Å². The predicted molar refractivity (Wildman–Crippen MR) is 98.9 cm³/mol. The Labute approximate surface area is 165 Å². The van der Waals surface area contributed by atoms with Crippen molar-refractivity contribution < 1.29 is 26.9 Å². The second-order valence-electron chi connectivity index (χ2n) is 8.55. The molecule has 3 heterocycles. The van der Waals surface area contributed by atoms with Gasteiger partial charge >= 0.3 is 10.4 Å². The Balaban J connectivity index is 1.36. The molecular formula is C17H30N4O6S. The molecular weight excluding hydrogens is 388 g/mol. The van der Waals surface area contributed by atoms with E-state index in [1.807, 2.05) is 4.90 Å². The highest BCUT2D eigenvalue weighted by Gasteiger charge is 2.49. The van der Waals surface area contributed by atoms with E-state index >= 15 is 0 Å². The van der Waals surface area contributed by atoms with Crippen molar-refractivity contribution in [2.75, 3.05) is 19.6 Å². The van der Waals surface area contributed by atoms with Crippen LogP contribution < -0.4 is 10.8 Å². The second-order valence-corrected chi connectivity index (χ2v) is 9.55. The van der Waals surface area contributed by atoms with E-state index in [1.54, 1.807) is 6.92 Å². The Bertz CT molecular complexity index is 698. The minimum absolute atomic E-state index is 0.0203. The zero-order chi connectivity index (χ0) is 19.9. The van der Waals surface area contributed by atoms with Crippen LogP contribution in [0.4, 0.5) is 0 Å². The van der Waals surface area contributed by atoms with Crippen LogP contribution in [0.25, 0.3) is 0 Å². The fourth-order valence-corrected chi connectivity index (χ4v) is 5.98. The lowest BCUT2D eigenvalue weighted by Crippen LogP contribution is -2.55. The maximum atomic E-state index is 12.8. The fourth-order valence-electron chi connectivity index (χ4n) is 5.51. The average Bonchev–Trinajstić information content (AvgIpc) is 3.20. The number of rotatable bonds is 5. The first-order chi connectivity index (χ1) is 13.3. The van der Waals surface area contributed by atoms with Crippen LogP contribution in [-0.2, 0) is 24.3 Å². The van der Waals surface area contributed by atoms with E-state index in [0.717, 1.165) is 32.4 Å². The van der Waals surface area contributed by atoms with Crippen molar-refractivity contribution in [3.05, 3.63) is 0 Å². The topological polar surface area (TPSA) is 120 Å². The third kappa shape index (κ3) is 3.93. The summed E-state index contributed by atoms with van der Waals surface area (Å²) in [4.78, 5) is 20.7. The summed E-state index contributed by atoms with van der Waals surface area (Å²) in [5.41, 5.74) is 2.82. The van der Waals surface area contributed by atoms with Crippen molar-refractivity contribution in [2.24, 2.45) is 5.41 Å². The maximum absolute atomic E-state index is 12.8. The van der Waals surface area contributed by atoms with Crippen LogP contribution in [0.15, 0.2) is 0 Å². The zero-order valence-electron chi connectivity index (χ0n) is 16.2. The normalized spacial score (nSPS) is 38.0. The minimum Gasteiger partial charge on any atom is -0.316 e. The minimum atomic E-state index is -4.59. The number of hydroxylamine groups is 3. The van der Waals surface area contributed by atoms with Gasteiger partial charge in [0.2, 0.25) is 0 Å². The van der Waals surface area contributed by atoms with E-state index < -0.39 is 22.6 Å². The average molecular weight is 419 g/mol. The van der Waals surface area contributed by atoms with Gasteiger partial charge < -0.3 is 5.32 Å². The molecule has 0 radical (unpaired) electrons. The van der Waals surface area contributed by atoms with Gasteiger partial charge in [-0.1, -0.05) is 12.8 Å². The molecule has 4 aliphatic rings. The van der Waals surface area contributed by atoms with E-state index in [0.29, 0.717) is 19.4 Å². The number of nitrogens with zero attached hydrogens (tertiary/aromatic N) is 2. The molecule has 11 heteroatoms. The van der Waals surface area contributed by atoms with Crippen LogP contribution in [0.3, 0.4) is 0 Å². The van der Waals surface area contributed by atoms with Gasteiger partial charge in [0.1, 0.15) is 0 Å². The summed E-state index contributed by atoms with van der Waals surface area (Å²) in [6, 6.07) is -0.587. The van der Waals surface area contributed by atoms with Crippen LogP contribution in [0.5, 0.6) is 0 Å². The number of hydrogen-bond acceptors (Lipinski definition) is 8. The summed E-state index contributed by atoms with van der Waals surface area (Å²) >= 11 is 0. The number of carbonyl (C=O) groups is 1. The van der Waals surface area contributed by atoms with Crippen LogP contribution >= 0.6 is 0 Å². The first-order valence-electron chi connectivity index (χ1n) is 10.2. The monoisotopic (exact) mass is 418 g/mol. The van der Waals surface area contributed by atoms with Gasteiger partial charge in [-0.25, -0.2) is 5.48 Å². The molecule has 4 rings (SSSR count). The molecule has 0 aromatic rings. The SMILES string of the molecule is CC1N2C[C@H](CC[C@H]2C(=O)NOC2CCNCC23CCCC3)N1OS(=O)(=O)O. The largest absolute Gasteiger partial charge is 0.413 e. The number of piperidine rings is 2. The lowest BCUT2D eigenvalue weighted by molar-refractivity contribution is -0.158. The lowest BCUT2D eigenvalue weighted by Gasteiger charge is -2.41. The van der Waals surface area contributed by atoms with Crippen molar-refractivity contribution >= 4 is 16.3 Å². The number of nitrogens with one attached hydrogen (secondary N) is 2. The van der Waals surface area contributed by atoms with E-state index in [2.05, 4.69) is 10.8 Å².